The third-order valence-corrected chi connectivity index (χ3v) is 11.2. The van der Waals surface area contributed by atoms with Gasteiger partial charge in [-0.05, 0) is 81.4 Å². The summed E-state index contributed by atoms with van der Waals surface area (Å²) in [5.74, 6) is -0.242. The van der Waals surface area contributed by atoms with Gasteiger partial charge in [0.15, 0.2) is 29.3 Å². The monoisotopic (exact) mass is 902 g/mol. The minimum atomic E-state index is -4.71. The number of ketones is 2. The summed E-state index contributed by atoms with van der Waals surface area (Å²) in [6.45, 7) is 4.50. The number of benzene rings is 4. The van der Waals surface area contributed by atoms with Gasteiger partial charge in [0.1, 0.15) is 16.5 Å². The smallest absolute Gasteiger partial charge is 0.416 e. The maximum absolute atomic E-state index is 13.2. The fourth-order valence-electron chi connectivity index (χ4n) is 5.09. The molecule has 60 heavy (non-hydrogen) atoms. The molecule has 0 amide bonds. The summed E-state index contributed by atoms with van der Waals surface area (Å²) < 4.78 is 106. The van der Waals surface area contributed by atoms with Gasteiger partial charge >= 0.3 is 6.18 Å². The number of pyridine rings is 2. The third kappa shape index (κ3) is 11.9. The van der Waals surface area contributed by atoms with Gasteiger partial charge in [-0.3, -0.25) is 24.0 Å². The molecule has 0 bridgehead atoms. The molecule has 0 atom stereocenters. The summed E-state index contributed by atoms with van der Waals surface area (Å²) in [6, 6.07) is 20.7. The lowest BCUT2D eigenvalue weighted by Gasteiger charge is -2.16. The van der Waals surface area contributed by atoms with Crippen LogP contribution in [0.4, 0.5) is 24.5 Å². The van der Waals surface area contributed by atoms with Crippen LogP contribution in [0, 0.1) is 12.1 Å². The Morgan fingerprint density at radius 1 is 0.700 bits per heavy atom. The molecule has 0 saturated heterocycles. The van der Waals surface area contributed by atoms with Gasteiger partial charge in [0.25, 0.3) is 20.0 Å². The quantitative estimate of drug-likeness (QED) is 0.0681. The lowest BCUT2D eigenvalue weighted by atomic mass is 10.1. The summed E-state index contributed by atoms with van der Waals surface area (Å²) in [6.07, 6.45) is 0.207. The van der Waals surface area contributed by atoms with E-state index in [0.29, 0.717) is 27.1 Å². The van der Waals surface area contributed by atoms with Crippen molar-refractivity contribution in [2.45, 2.75) is 36.7 Å². The Bertz CT molecular complexity index is 2770. The first-order chi connectivity index (χ1) is 28.1. The highest BCUT2D eigenvalue weighted by atomic mass is 35.5. The number of aromatic nitrogens is 2. The van der Waals surface area contributed by atoms with Crippen LogP contribution in [0.25, 0.3) is 0 Å². The van der Waals surface area contributed by atoms with Gasteiger partial charge in [0.05, 0.1) is 37.8 Å². The van der Waals surface area contributed by atoms with Gasteiger partial charge in [-0.1, -0.05) is 53.0 Å². The van der Waals surface area contributed by atoms with Crippen molar-refractivity contribution in [3.8, 4) is 23.0 Å². The molecule has 20 heteroatoms. The highest BCUT2D eigenvalue weighted by molar-refractivity contribution is 7.93. The normalized spacial score (nSPS) is 11.5. The van der Waals surface area contributed by atoms with Crippen molar-refractivity contribution in [3.63, 3.8) is 0 Å². The molecule has 6 rings (SSSR count). The molecule has 0 radical (unpaired) electrons. The van der Waals surface area contributed by atoms with Crippen molar-refractivity contribution in [1.82, 2.24) is 4.98 Å². The van der Waals surface area contributed by atoms with Crippen molar-refractivity contribution in [2.75, 3.05) is 9.44 Å². The Hall–Kier alpha value is -6.21. The van der Waals surface area contributed by atoms with E-state index in [2.05, 4.69) is 14.4 Å². The molecule has 0 saturated carbocycles. The van der Waals surface area contributed by atoms with Crippen LogP contribution in [0.3, 0.4) is 0 Å². The van der Waals surface area contributed by atoms with Crippen LogP contribution in [0.5, 0.6) is 23.0 Å². The second kappa shape index (κ2) is 18.4. The van der Waals surface area contributed by atoms with Gasteiger partial charge < -0.3 is 14.7 Å². The average molecular weight is 904 g/mol. The van der Waals surface area contributed by atoms with E-state index in [-0.39, 0.29) is 54.9 Å². The first-order valence-corrected chi connectivity index (χ1v) is 20.8. The highest BCUT2D eigenvalue weighted by Crippen LogP contribution is 2.38. The number of Topliss-reactive ketones (excluding diaryl/α,β-unsaturated/α-hetero) is 2. The molecule has 13 nitrogen and oxygen atoms in total. The Morgan fingerprint density at radius 3 is 1.87 bits per heavy atom. The van der Waals surface area contributed by atoms with E-state index in [4.69, 9.17) is 32.7 Å². The number of alkyl halides is 3. The number of hydrogen-bond acceptors (Lipinski definition) is 10. The molecular formula is C40H31Cl2F3N4O9S2. The lowest BCUT2D eigenvalue weighted by molar-refractivity contribution is -0.605. The second-order valence-corrected chi connectivity index (χ2v) is 16.9. The number of sulfonamides is 2. The third-order valence-electron chi connectivity index (χ3n) is 7.99. The molecule has 2 heterocycles. The van der Waals surface area contributed by atoms with Crippen molar-refractivity contribution >= 4 is 66.2 Å². The predicted molar refractivity (Wildman–Crippen MR) is 217 cm³/mol. The number of nitrogens with one attached hydrogen (secondary N) is 2. The van der Waals surface area contributed by atoms with E-state index in [0.717, 1.165) is 30.1 Å². The van der Waals surface area contributed by atoms with E-state index in [9.17, 15) is 44.8 Å². The van der Waals surface area contributed by atoms with E-state index in [1.165, 1.54) is 86.9 Å². The SMILES string of the molecule is CC(=O)c1ccc(S(=O)(=O)Nc2ccc(Oc3cncc(Cl)c3)c(C(C)=O)c2)cc1.Cc1ccc(S(=O)(=O)Nc2cc(C(F)(F)F)ccc2Oc2cc(Cl)c[n+]([O-])c2)cc1. The molecular weight excluding hydrogens is 872 g/mol. The van der Waals surface area contributed by atoms with Crippen molar-refractivity contribution < 1.29 is 53.8 Å². The van der Waals surface area contributed by atoms with Gasteiger partial charge in [0, 0.05) is 29.6 Å². The van der Waals surface area contributed by atoms with Crippen LogP contribution in [0.15, 0.2) is 132 Å². The van der Waals surface area contributed by atoms with Gasteiger partial charge in [0.2, 0.25) is 6.20 Å². The Morgan fingerprint density at radius 2 is 1.28 bits per heavy atom. The number of anilines is 2. The number of carbonyl (C=O) groups is 2. The molecule has 0 fully saturated rings. The molecule has 0 aliphatic carbocycles. The minimum Gasteiger partial charge on any atom is -0.619 e. The molecule has 0 spiro atoms. The molecule has 4 aromatic carbocycles. The molecule has 2 N–H and O–H groups in total. The van der Waals surface area contributed by atoms with E-state index in [1.807, 2.05) is 0 Å². The summed E-state index contributed by atoms with van der Waals surface area (Å²) in [5, 5.41) is 11.9. The lowest BCUT2D eigenvalue weighted by Crippen LogP contribution is -2.24. The summed E-state index contributed by atoms with van der Waals surface area (Å²) in [4.78, 5) is 27.2. The first-order valence-electron chi connectivity index (χ1n) is 17.0. The van der Waals surface area contributed by atoms with Crippen LogP contribution < -0.4 is 23.6 Å². The van der Waals surface area contributed by atoms with Crippen LogP contribution in [-0.4, -0.2) is 33.4 Å². The number of rotatable bonds is 12. The predicted octanol–water partition coefficient (Wildman–Crippen LogP) is 9.63. The Balaban J connectivity index is 0.000000228. The summed E-state index contributed by atoms with van der Waals surface area (Å²) in [5.41, 5.74) is 0.0486. The number of hydrogen-bond donors (Lipinski definition) is 2. The van der Waals surface area contributed by atoms with E-state index < -0.39 is 37.5 Å². The number of halogens is 5. The van der Waals surface area contributed by atoms with Crippen molar-refractivity contribution in [2.24, 2.45) is 0 Å². The largest absolute Gasteiger partial charge is 0.619 e. The molecule has 0 aliphatic rings. The van der Waals surface area contributed by atoms with Crippen LogP contribution in [0.2, 0.25) is 10.0 Å². The zero-order valence-electron chi connectivity index (χ0n) is 31.3. The summed E-state index contributed by atoms with van der Waals surface area (Å²) in [7, 11) is -8.13. The van der Waals surface area contributed by atoms with Gasteiger partial charge in [-0.2, -0.15) is 17.9 Å². The molecule has 0 unspecified atom stereocenters. The van der Waals surface area contributed by atoms with E-state index in [1.54, 1.807) is 25.1 Å². The van der Waals surface area contributed by atoms with Crippen LogP contribution in [-0.2, 0) is 26.2 Å². The minimum absolute atomic E-state index is 0.0118. The Labute approximate surface area is 352 Å². The highest BCUT2D eigenvalue weighted by Gasteiger charge is 2.32. The number of aryl methyl sites for hydroxylation is 1. The number of nitrogens with zero attached hydrogens (tertiary/aromatic N) is 2. The topological polar surface area (TPSA) is 185 Å². The molecule has 0 aliphatic heterocycles. The molecule has 312 valence electrons. The second-order valence-electron chi connectivity index (χ2n) is 12.7. The summed E-state index contributed by atoms with van der Waals surface area (Å²) >= 11 is 11.7. The Kier molecular flexibility index (Phi) is 13.7. The van der Waals surface area contributed by atoms with Crippen molar-refractivity contribution in [3.05, 3.63) is 159 Å². The van der Waals surface area contributed by atoms with Gasteiger partial charge in [-0.15, -0.1) is 0 Å². The average Bonchev–Trinajstić information content (AvgIpc) is 3.15. The maximum Gasteiger partial charge on any atom is 0.416 e. The van der Waals surface area contributed by atoms with Gasteiger partial charge in [-0.25, -0.2) is 16.8 Å². The zero-order valence-corrected chi connectivity index (χ0v) is 34.5. The first kappa shape index (κ1) is 44.9. The molecule has 2 aromatic heterocycles. The molecule has 6 aromatic rings. The fraction of sp³-hybridized carbons (Fsp3) is 0.100. The fourth-order valence-corrected chi connectivity index (χ4v) is 7.57. The zero-order chi connectivity index (χ0) is 44.0. The van der Waals surface area contributed by atoms with Crippen molar-refractivity contribution in [1.29, 1.82) is 0 Å². The number of carbonyl (C=O) groups excluding carboxylic acids is 2. The standard InChI is InChI=1S/C21H17ClN2O5S.C19H14ClF3N2O4S/c1-13(25)15-3-6-19(7-4-15)30(27,28)24-17-5-8-21(20(10-17)14(2)26)29-18-9-16(22)11-23-12-18;1-12-2-5-16(6-3-12)30(27,28)24-17-8-13(19(21,22)23)4-7-18(17)29-15-9-14(20)10-25(26)11-15/h3-12,24H,1-2H3;2-11,24H,1H3. The van der Waals surface area contributed by atoms with E-state index >= 15 is 0 Å². The van der Waals surface area contributed by atoms with Crippen LogP contribution >= 0.6 is 23.2 Å². The van der Waals surface area contributed by atoms with Crippen LogP contribution in [0.1, 0.15) is 45.7 Å². The number of ether oxygens (including phenoxy) is 2. The maximum atomic E-state index is 13.2.